The zero-order valence-corrected chi connectivity index (χ0v) is 16.4. The van der Waals surface area contributed by atoms with Gasteiger partial charge in [-0.05, 0) is 37.0 Å². The van der Waals surface area contributed by atoms with Crippen molar-refractivity contribution < 1.29 is 13.9 Å². The van der Waals surface area contributed by atoms with Gasteiger partial charge in [-0.3, -0.25) is 4.99 Å². The molecule has 1 aromatic rings. The summed E-state index contributed by atoms with van der Waals surface area (Å²) in [6.45, 7) is 3.77. The Kier molecular flexibility index (Phi) is 10.9. The smallest absolute Gasteiger partial charge is 0.191 e. The van der Waals surface area contributed by atoms with Gasteiger partial charge in [-0.25, -0.2) is 4.39 Å². The molecule has 0 saturated carbocycles. The van der Waals surface area contributed by atoms with Gasteiger partial charge >= 0.3 is 0 Å². The molecule has 136 valence electrons. The number of halogens is 2. The predicted octanol–water partition coefficient (Wildman–Crippen LogP) is 2.69. The van der Waals surface area contributed by atoms with E-state index in [9.17, 15) is 4.39 Å². The van der Waals surface area contributed by atoms with Crippen molar-refractivity contribution in [1.82, 2.24) is 10.6 Å². The van der Waals surface area contributed by atoms with Crippen molar-refractivity contribution in [3.8, 4) is 0 Å². The summed E-state index contributed by atoms with van der Waals surface area (Å²) in [5.74, 6) is 0.515. The Bertz CT molecular complexity index is 479. The summed E-state index contributed by atoms with van der Waals surface area (Å²) >= 11 is 0. The van der Waals surface area contributed by atoms with Gasteiger partial charge in [0, 0.05) is 40.0 Å². The first-order chi connectivity index (χ1) is 11.3. The molecular weight excluding hydrogens is 424 g/mol. The molecule has 1 aromatic carbocycles. The monoisotopic (exact) mass is 451 g/mol. The van der Waals surface area contributed by atoms with Gasteiger partial charge in [0.1, 0.15) is 5.82 Å². The third kappa shape index (κ3) is 8.25. The Labute approximate surface area is 160 Å². The zero-order valence-electron chi connectivity index (χ0n) is 14.1. The van der Waals surface area contributed by atoms with Crippen LogP contribution in [0.2, 0.25) is 0 Å². The minimum atomic E-state index is -0.221. The highest BCUT2D eigenvalue weighted by Gasteiger charge is 2.13. The molecular formula is C17H27FIN3O2. The third-order valence-electron chi connectivity index (χ3n) is 3.73. The van der Waals surface area contributed by atoms with Crippen molar-refractivity contribution in [2.75, 3.05) is 33.4 Å². The van der Waals surface area contributed by atoms with E-state index in [0.717, 1.165) is 57.2 Å². The highest BCUT2D eigenvalue weighted by molar-refractivity contribution is 14.0. The number of hydrogen-bond acceptors (Lipinski definition) is 3. The molecule has 7 heteroatoms. The number of rotatable bonds is 7. The molecule has 1 heterocycles. The first kappa shape index (κ1) is 21.1. The normalized spacial score (nSPS) is 15.7. The van der Waals surface area contributed by atoms with Crippen LogP contribution < -0.4 is 10.6 Å². The molecule has 0 unspecified atom stereocenters. The molecule has 24 heavy (non-hydrogen) atoms. The summed E-state index contributed by atoms with van der Waals surface area (Å²) in [6, 6.07) is 6.44. The molecule has 0 spiro atoms. The number of benzene rings is 1. The van der Waals surface area contributed by atoms with E-state index < -0.39 is 0 Å². The number of nitrogens with one attached hydrogen (secondary N) is 2. The summed E-state index contributed by atoms with van der Waals surface area (Å²) in [5, 5.41) is 6.45. The van der Waals surface area contributed by atoms with Gasteiger partial charge in [0.05, 0.1) is 6.10 Å². The van der Waals surface area contributed by atoms with Gasteiger partial charge in [0.15, 0.2) is 5.96 Å². The van der Waals surface area contributed by atoms with Crippen LogP contribution in [-0.4, -0.2) is 45.5 Å². The lowest BCUT2D eigenvalue weighted by Crippen LogP contribution is -2.37. The fraction of sp³-hybridized carbons (Fsp3) is 0.588. The van der Waals surface area contributed by atoms with Crippen LogP contribution >= 0.6 is 24.0 Å². The molecule has 0 atom stereocenters. The van der Waals surface area contributed by atoms with Crippen LogP contribution in [-0.2, 0) is 16.0 Å². The minimum Gasteiger partial charge on any atom is -0.381 e. The molecule has 2 N–H and O–H groups in total. The summed E-state index contributed by atoms with van der Waals surface area (Å²) < 4.78 is 24.0. The van der Waals surface area contributed by atoms with Crippen LogP contribution in [0.15, 0.2) is 29.3 Å². The summed E-state index contributed by atoms with van der Waals surface area (Å²) in [4.78, 5) is 4.17. The van der Waals surface area contributed by atoms with E-state index in [1.807, 2.05) is 0 Å². The maximum absolute atomic E-state index is 12.9. The van der Waals surface area contributed by atoms with E-state index in [1.54, 1.807) is 19.2 Å². The number of nitrogens with zero attached hydrogens (tertiary/aromatic N) is 1. The van der Waals surface area contributed by atoms with Crippen molar-refractivity contribution in [3.63, 3.8) is 0 Å². The van der Waals surface area contributed by atoms with E-state index in [-0.39, 0.29) is 29.8 Å². The fourth-order valence-electron chi connectivity index (χ4n) is 2.38. The number of ether oxygens (including phenoxy) is 2. The Hall–Kier alpha value is -0.930. The summed E-state index contributed by atoms with van der Waals surface area (Å²) in [6.07, 6.45) is 3.26. The van der Waals surface area contributed by atoms with Crippen molar-refractivity contribution in [1.29, 1.82) is 0 Å². The van der Waals surface area contributed by atoms with Crippen molar-refractivity contribution in [2.24, 2.45) is 4.99 Å². The average Bonchev–Trinajstić information content (AvgIpc) is 2.59. The first-order valence-corrected chi connectivity index (χ1v) is 8.16. The van der Waals surface area contributed by atoms with Crippen LogP contribution in [0.25, 0.3) is 0 Å². The van der Waals surface area contributed by atoms with Crippen LogP contribution in [0.4, 0.5) is 4.39 Å². The van der Waals surface area contributed by atoms with Crippen LogP contribution in [0.5, 0.6) is 0 Å². The largest absolute Gasteiger partial charge is 0.381 e. The summed E-state index contributed by atoms with van der Waals surface area (Å²) in [5.41, 5.74) is 1.01. The van der Waals surface area contributed by atoms with Gasteiger partial charge in [-0.1, -0.05) is 12.1 Å². The maximum atomic E-state index is 12.9. The lowest BCUT2D eigenvalue weighted by Gasteiger charge is -2.22. The predicted molar refractivity (Wildman–Crippen MR) is 104 cm³/mol. The number of aliphatic imine (C=N–C) groups is 1. The van der Waals surface area contributed by atoms with Crippen LogP contribution in [0, 0.1) is 5.82 Å². The molecule has 1 aliphatic heterocycles. The Morgan fingerprint density at radius 3 is 2.62 bits per heavy atom. The van der Waals surface area contributed by atoms with Crippen LogP contribution in [0.3, 0.4) is 0 Å². The lowest BCUT2D eigenvalue weighted by atomic mass is 10.1. The minimum absolute atomic E-state index is 0. The molecule has 5 nitrogen and oxygen atoms in total. The molecule has 2 rings (SSSR count). The van der Waals surface area contributed by atoms with E-state index in [0.29, 0.717) is 12.6 Å². The Morgan fingerprint density at radius 1 is 1.25 bits per heavy atom. The van der Waals surface area contributed by atoms with E-state index in [1.165, 1.54) is 12.1 Å². The molecule has 1 fully saturated rings. The molecule has 0 bridgehead atoms. The topological polar surface area (TPSA) is 54.9 Å². The van der Waals surface area contributed by atoms with Crippen molar-refractivity contribution >= 4 is 29.9 Å². The highest BCUT2D eigenvalue weighted by Crippen LogP contribution is 2.10. The molecule has 0 radical (unpaired) electrons. The number of hydrogen-bond donors (Lipinski definition) is 2. The van der Waals surface area contributed by atoms with Gasteiger partial charge < -0.3 is 20.1 Å². The third-order valence-corrected chi connectivity index (χ3v) is 3.73. The van der Waals surface area contributed by atoms with Crippen molar-refractivity contribution in [3.05, 3.63) is 35.6 Å². The Balaban J connectivity index is 0.00000288. The number of guanidine groups is 1. The standard InChI is InChI=1S/C17H26FN3O2.HI/c1-19-17(21-13-14-3-5-15(18)6-4-14)20-9-2-10-23-16-7-11-22-12-8-16;/h3-6,16H,2,7-13H2,1H3,(H2,19,20,21);1H. The lowest BCUT2D eigenvalue weighted by molar-refractivity contribution is -0.0320. The second-order valence-electron chi connectivity index (χ2n) is 5.52. The van der Waals surface area contributed by atoms with Gasteiger partial charge in [-0.2, -0.15) is 0 Å². The second-order valence-corrected chi connectivity index (χ2v) is 5.52. The van der Waals surface area contributed by atoms with E-state index in [4.69, 9.17) is 9.47 Å². The van der Waals surface area contributed by atoms with Crippen molar-refractivity contribution in [2.45, 2.75) is 31.9 Å². The van der Waals surface area contributed by atoms with E-state index in [2.05, 4.69) is 15.6 Å². The SMILES string of the molecule is CN=C(NCCCOC1CCOCC1)NCc1ccc(F)cc1.I. The first-order valence-electron chi connectivity index (χ1n) is 8.16. The van der Waals surface area contributed by atoms with Gasteiger partial charge in [0.2, 0.25) is 0 Å². The quantitative estimate of drug-likeness (QED) is 0.290. The van der Waals surface area contributed by atoms with Crippen LogP contribution in [0.1, 0.15) is 24.8 Å². The molecule has 1 saturated heterocycles. The maximum Gasteiger partial charge on any atom is 0.191 e. The van der Waals surface area contributed by atoms with Gasteiger partial charge in [0.25, 0.3) is 0 Å². The Morgan fingerprint density at radius 2 is 1.96 bits per heavy atom. The van der Waals surface area contributed by atoms with E-state index >= 15 is 0 Å². The summed E-state index contributed by atoms with van der Waals surface area (Å²) in [7, 11) is 1.73. The zero-order chi connectivity index (χ0) is 16.3. The molecule has 0 aliphatic carbocycles. The second kappa shape index (κ2) is 12.4. The molecule has 0 aromatic heterocycles. The molecule has 0 amide bonds. The molecule has 1 aliphatic rings. The fourth-order valence-corrected chi connectivity index (χ4v) is 2.38. The highest BCUT2D eigenvalue weighted by atomic mass is 127. The average molecular weight is 451 g/mol. The van der Waals surface area contributed by atoms with Gasteiger partial charge in [-0.15, -0.1) is 24.0 Å².